The Bertz CT molecular complexity index is 816. The molecular formula is C20H23NO6. The summed E-state index contributed by atoms with van der Waals surface area (Å²) in [7, 11) is 3.06. The van der Waals surface area contributed by atoms with Crippen molar-refractivity contribution in [1.82, 2.24) is 5.32 Å². The van der Waals surface area contributed by atoms with Gasteiger partial charge in [-0.3, -0.25) is 4.79 Å². The normalized spacial score (nSPS) is 11.4. The summed E-state index contributed by atoms with van der Waals surface area (Å²) in [5.74, 6) is 0.241. The molecule has 2 aromatic rings. The molecule has 27 heavy (non-hydrogen) atoms. The van der Waals surface area contributed by atoms with Crippen LogP contribution in [-0.2, 0) is 4.79 Å². The minimum absolute atomic E-state index is 0.229. The molecule has 0 heterocycles. The average Bonchev–Trinajstić information content (AvgIpc) is 2.66. The fourth-order valence-electron chi connectivity index (χ4n) is 2.58. The summed E-state index contributed by atoms with van der Waals surface area (Å²) in [5, 5.41) is 11.6. The quantitative estimate of drug-likeness (QED) is 0.739. The highest BCUT2D eigenvalue weighted by molar-refractivity contribution is 5.96. The summed E-state index contributed by atoms with van der Waals surface area (Å²) in [5.41, 5.74) is 2.14. The molecule has 0 radical (unpaired) electrons. The van der Waals surface area contributed by atoms with Crippen LogP contribution in [-0.4, -0.2) is 37.8 Å². The third-order valence-corrected chi connectivity index (χ3v) is 4.07. The van der Waals surface area contributed by atoms with Crippen molar-refractivity contribution in [3.05, 3.63) is 53.1 Å². The monoisotopic (exact) mass is 373 g/mol. The van der Waals surface area contributed by atoms with Crippen molar-refractivity contribution in [2.24, 2.45) is 0 Å². The van der Waals surface area contributed by atoms with Gasteiger partial charge in [0, 0.05) is 5.56 Å². The van der Waals surface area contributed by atoms with Gasteiger partial charge in [-0.15, -0.1) is 0 Å². The van der Waals surface area contributed by atoms with Crippen LogP contribution in [0.3, 0.4) is 0 Å². The second-order valence-corrected chi connectivity index (χ2v) is 5.97. The van der Waals surface area contributed by atoms with E-state index >= 15 is 0 Å². The number of rotatable bonds is 8. The van der Waals surface area contributed by atoms with Crippen LogP contribution in [0.1, 0.15) is 34.5 Å². The number of methoxy groups -OCH3 is 2. The Hall–Kier alpha value is -3.22. The molecule has 144 valence electrons. The fourth-order valence-corrected chi connectivity index (χ4v) is 2.58. The minimum atomic E-state index is -1.04. The lowest BCUT2D eigenvalue weighted by atomic mass is 10.0. The number of amides is 1. The summed E-state index contributed by atoms with van der Waals surface area (Å²) >= 11 is 0. The van der Waals surface area contributed by atoms with Gasteiger partial charge in [0.2, 0.25) is 0 Å². The molecule has 2 rings (SSSR count). The number of aryl methyl sites for hydroxylation is 1. The van der Waals surface area contributed by atoms with Crippen molar-refractivity contribution in [1.29, 1.82) is 0 Å². The number of hydrogen-bond acceptors (Lipinski definition) is 5. The van der Waals surface area contributed by atoms with Gasteiger partial charge in [0.25, 0.3) is 5.91 Å². The number of carboxylic acids is 1. The second-order valence-electron chi connectivity index (χ2n) is 5.97. The molecule has 1 atom stereocenters. The molecule has 7 nitrogen and oxygen atoms in total. The summed E-state index contributed by atoms with van der Waals surface area (Å²) in [4.78, 5) is 23.2. The predicted octanol–water partition coefficient (Wildman–Crippen LogP) is 2.97. The molecule has 0 saturated carbocycles. The maximum atomic E-state index is 12.7. The van der Waals surface area contributed by atoms with Crippen LogP contribution in [0, 0.1) is 6.92 Å². The van der Waals surface area contributed by atoms with Crippen LogP contribution in [0.2, 0.25) is 0 Å². The Kier molecular flexibility index (Phi) is 6.65. The molecule has 0 aromatic heterocycles. The van der Waals surface area contributed by atoms with Crippen molar-refractivity contribution < 1.29 is 28.9 Å². The lowest BCUT2D eigenvalue weighted by Crippen LogP contribution is -2.27. The highest BCUT2D eigenvalue weighted by Gasteiger charge is 2.17. The van der Waals surface area contributed by atoms with Gasteiger partial charge >= 0.3 is 5.97 Å². The number of hydrogen-bond donors (Lipinski definition) is 2. The van der Waals surface area contributed by atoms with Crippen LogP contribution in [0.25, 0.3) is 0 Å². The molecule has 0 aliphatic rings. The van der Waals surface area contributed by atoms with Gasteiger partial charge in [0.05, 0.1) is 20.3 Å². The minimum Gasteiger partial charge on any atom is -0.493 e. The van der Waals surface area contributed by atoms with E-state index in [1.54, 1.807) is 43.5 Å². The Morgan fingerprint density at radius 1 is 1.07 bits per heavy atom. The maximum absolute atomic E-state index is 12.7. The maximum Gasteiger partial charge on any atom is 0.341 e. The van der Waals surface area contributed by atoms with Crippen LogP contribution in [0.15, 0.2) is 36.4 Å². The first kappa shape index (κ1) is 20.1. The third-order valence-electron chi connectivity index (χ3n) is 4.07. The molecule has 7 heteroatoms. The zero-order chi connectivity index (χ0) is 20.0. The van der Waals surface area contributed by atoms with Gasteiger partial charge in [-0.05, 0) is 49.2 Å². The van der Waals surface area contributed by atoms with Crippen LogP contribution < -0.4 is 19.5 Å². The van der Waals surface area contributed by atoms with Crippen molar-refractivity contribution >= 4 is 11.9 Å². The zero-order valence-electron chi connectivity index (χ0n) is 15.7. The van der Waals surface area contributed by atoms with Crippen molar-refractivity contribution in [3.63, 3.8) is 0 Å². The first-order valence-electron chi connectivity index (χ1n) is 8.33. The summed E-state index contributed by atoms with van der Waals surface area (Å²) in [6.07, 6.45) is 0. The second kappa shape index (κ2) is 8.93. The van der Waals surface area contributed by atoms with E-state index in [-0.39, 0.29) is 11.9 Å². The average molecular weight is 373 g/mol. The summed E-state index contributed by atoms with van der Waals surface area (Å²) < 4.78 is 15.6. The molecule has 0 saturated heterocycles. The number of carboxylic acid groups (broad SMARTS) is 1. The SMILES string of the molecule is COc1cc(C)c(C(=O)NC(C)c2ccc(OCC(=O)O)cc2)cc1OC. The number of carbonyl (C=O) groups is 2. The highest BCUT2D eigenvalue weighted by atomic mass is 16.5. The number of benzene rings is 2. The van der Waals surface area contributed by atoms with Gasteiger partial charge < -0.3 is 24.6 Å². The van der Waals surface area contributed by atoms with E-state index in [0.29, 0.717) is 22.8 Å². The number of carbonyl (C=O) groups excluding carboxylic acids is 1. The van der Waals surface area contributed by atoms with E-state index in [2.05, 4.69) is 5.32 Å². The van der Waals surface area contributed by atoms with Gasteiger partial charge in [-0.25, -0.2) is 4.79 Å². The molecule has 0 bridgehead atoms. The Labute approximate surface area is 157 Å². The Morgan fingerprint density at radius 3 is 2.22 bits per heavy atom. The standard InChI is InChI=1S/C20H23NO6/c1-12-9-17(25-3)18(26-4)10-16(12)20(24)21-13(2)14-5-7-15(8-6-14)27-11-19(22)23/h5-10,13H,11H2,1-4H3,(H,21,24)(H,22,23). The van der Waals surface area contributed by atoms with Crippen LogP contribution in [0.5, 0.6) is 17.2 Å². The van der Waals surface area contributed by atoms with E-state index in [9.17, 15) is 9.59 Å². The first-order chi connectivity index (χ1) is 12.8. The Balaban J connectivity index is 2.10. The lowest BCUT2D eigenvalue weighted by molar-refractivity contribution is -0.139. The van der Waals surface area contributed by atoms with E-state index in [1.807, 2.05) is 13.8 Å². The molecule has 0 aliphatic carbocycles. The molecule has 2 N–H and O–H groups in total. The number of ether oxygens (including phenoxy) is 3. The number of nitrogens with one attached hydrogen (secondary N) is 1. The largest absolute Gasteiger partial charge is 0.493 e. The highest BCUT2D eigenvalue weighted by Crippen LogP contribution is 2.30. The first-order valence-corrected chi connectivity index (χ1v) is 8.33. The molecule has 1 amide bonds. The fraction of sp³-hybridized carbons (Fsp3) is 0.300. The molecule has 0 fully saturated rings. The lowest BCUT2D eigenvalue weighted by Gasteiger charge is -2.17. The van der Waals surface area contributed by atoms with Crippen LogP contribution in [0.4, 0.5) is 0 Å². The van der Waals surface area contributed by atoms with Crippen molar-refractivity contribution in [2.75, 3.05) is 20.8 Å². The van der Waals surface area contributed by atoms with Crippen molar-refractivity contribution in [2.45, 2.75) is 19.9 Å². The van der Waals surface area contributed by atoms with Gasteiger partial charge in [-0.1, -0.05) is 12.1 Å². The van der Waals surface area contributed by atoms with Crippen LogP contribution >= 0.6 is 0 Å². The topological polar surface area (TPSA) is 94.1 Å². The summed E-state index contributed by atoms with van der Waals surface area (Å²) in [6.45, 7) is 3.29. The van der Waals surface area contributed by atoms with E-state index in [1.165, 1.54) is 7.11 Å². The number of aliphatic carboxylic acids is 1. The predicted molar refractivity (Wildman–Crippen MR) is 99.7 cm³/mol. The van der Waals surface area contributed by atoms with Crippen molar-refractivity contribution in [3.8, 4) is 17.2 Å². The molecule has 0 spiro atoms. The summed E-state index contributed by atoms with van der Waals surface area (Å²) in [6, 6.07) is 10.1. The Morgan fingerprint density at radius 2 is 1.67 bits per heavy atom. The van der Waals surface area contributed by atoms with E-state index in [4.69, 9.17) is 19.3 Å². The van der Waals surface area contributed by atoms with E-state index < -0.39 is 12.6 Å². The smallest absolute Gasteiger partial charge is 0.341 e. The molecule has 0 aliphatic heterocycles. The van der Waals surface area contributed by atoms with Gasteiger partial charge in [0.15, 0.2) is 18.1 Å². The third kappa shape index (κ3) is 5.13. The van der Waals surface area contributed by atoms with Gasteiger partial charge in [-0.2, -0.15) is 0 Å². The molecule has 1 unspecified atom stereocenters. The zero-order valence-corrected chi connectivity index (χ0v) is 15.7. The van der Waals surface area contributed by atoms with E-state index in [0.717, 1.165) is 11.1 Å². The molecular weight excluding hydrogens is 350 g/mol. The molecule has 2 aromatic carbocycles. The van der Waals surface area contributed by atoms with Gasteiger partial charge in [0.1, 0.15) is 5.75 Å².